The normalized spacial score (nSPS) is 18.8. The molecule has 0 aliphatic carbocycles. The zero-order valence-electron chi connectivity index (χ0n) is 14.1. The van der Waals surface area contributed by atoms with Crippen LogP contribution < -0.4 is 10.6 Å². The summed E-state index contributed by atoms with van der Waals surface area (Å²) >= 11 is 1.49. The number of nitrogens with zero attached hydrogens (tertiary/aromatic N) is 2. The lowest BCUT2D eigenvalue weighted by Gasteiger charge is -2.32. The fraction of sp³-hybridized carbons (Fsp3) is 0.588. The second kappa shape index (κ2) is 8.69. The summed E-state index contributed by atoms with van der Waals surface area (Å²) in [4.78, 5) is 26.3. The molecule has 1 aliphatic rings. The van der Waals surface area contributed by atoms with Crippen molar-refractivity contribution in [2.24, 2.45) is 11.8 Å². The van der Waals surface area contributed by atoms with E-state index in [1.807, 2.05) is 30.7 Å². The van der Waals surface area contributed by atoms with E-state index in [9.17, 15) is 14.9 Å². The third kappa shape index (κ3) is 4.96. The molecule has 24 heavy (non-hydrogen) atoms. The lowest BCUT2D eigenvalue weighted by atomic mass is 9.96. The molecule has 2 N–H and O–H groups in total. The Morgan fingerprint density at radius 3 is 2.92 bits per heavy atom. The number of nitriles is 1. The highest BCUT2D eigenvalue weighted by Gasteiger charge is 2.29. The van der Waals surface area contributed by atoms with E-state index in [1.54, 1.807) is 4.90 Å². The summed E-state index contributed by atoms with van der Waals surface area (Å²) in [6.07, 6.45) is 1.53. The molecule has 3 amide bonds. The number of likely N-dealkylation sites (tertiary alicyclic amines) is 1. The van der Waals surface area contributed by atoms with Crippen molar-refractivity contribution in [3.8, 4) is 6.07 Å². The lowest BCUT2D eigenvalue weighted by molar-refractivity contribution is -0.126. The van der Waals surface area contributed by atoms with Crippen LogP contribution in [0.5, 0.6) is 0 Å². The SMILES string of the molecule is CC(C)CNC(=O)N1CCC[C@H](C(=O)N[C@H](C#N)c2ccsc2)C1. The van der Waals surface area contributed by atoms with Crippen molar-refractivity contribution in [1.29, 1.82) is 5.26 Å². The molecular weight excluding hydrogens is 324 g/mol. The van der Waals surface area contributed by atoms with Crippen LogP contribution in [0.4, 0.5) is 4.79 Å². The Morgan fingerprint density at radius 2 is 2.29 bits per heavy atom. The molecular formula is C17H24N4O2S. The van der Waals surface area contributed by atoms with Gasteiger partial charge in [-0.2, -0.15) is 16.6 Å². The van der Waals surface area contributed by atoms with Crippen LogP contribution >= 0.6 is 11.3 Å². The van der Waals surface area contributed by atoms with Crippen molar-refractivity contribution < 1.29 is 9.59 Å². The number of urea groups is 1. The number of thiophene rings is 1. The molecule has 0 radical (unpaired) electrons. The first-order valence-corrected chi connectivity index (χ1v) is 9.20. The first kappa shape index (κ1) is 18.3. The number of amides is 3. The Bertz CT molecular complexity index is 594. The number of carbonyl (C=O) groups excluding carboxylic acids is 2. The first-order chi connectivity index (χ1) is 11.5. The molecule has 0 aromatic carbocycles. The van der Waals surface area contributed by atoms with Crippen LogP contribution in [0.2, 0.25) is 0 Å². The number of nitrogens with one attached hydrogen (secondary N) is 2. The molecule has 130 valence electrons. The summed E-state index contributed by atoms with van der Waals surface area (Å²) in [6, 6.07) is 3.22. The van der Waals surface area contributed by atoms with Gasteiger partial charge in [-0.15, -0.1) is 0 Å². The monoisotopic (exact) mass is 348 g/mol. The van der Waals surface area contributed by atoms with E-state index in [4.69, 9.17) is 0 Å². The highest BCUT2D eigenvalue weighted by molar-refractivity contribution is 7.08. The van der Waals surface area contributed by atoms with E-state index in [2.05, 4.69) is 16.7 Å². The quantitative estimate of drug-likeness (QED) is 0.857. The van der Waals surface area contributed by atoms with E-state index in [1.165, 1.54) is 11.3 Å². The molecule has 1 aliphatic heterocycles. The molecule has 1 aromatic rings. The minimum absolute atomic E-state index is 0.115. The Balaban J connectivity index is 1.90. The van der Waals surface area contributed by atoms with Gasteiger partial charge in [-0.3, -0.25) is 4.79 Å². The Labute approximate surface area is 146 Å². The zero-order chi connectivity index (χ0) is 17.5. The maximum absolute atomic E-state index is 12.5. The van der Waals surface area contributed by atoms with Gasteiger partial charge in [0.2, 0.25) is 5.91 Å². The van der Waals surface area contributed by atoms with E-state index in [0.717, 1.165) is 18.4 Å². The fourth-order valence-corrected chi connectivity index (χ4v) is 3.35. The van der Waals surface area contributed by atoms with Crippen LogP contribution in [0.25, 0.3) is 0 Å². The molecule has 0 unspecified atom stereocenters. The second-order valence-corrected chi connectivity index (χ2v) is 7.27. The van der Waals surface area contributed by atoms with Crippen molar-refractivity contribution in [2.45, 2.75) is 32.7 Å². The van der Waals surface area contributed by atoms with Crippen molar-refractivity contribution >= 4 is 23.3 Å². The molecule has 7 heteroatoms. The third-order valence-corrected chi connectivity index (χ3v) is 4.73. The average molecular weight is 348 g/mol. The predicted molar refractivity (Wildman–Crippen MR) is 93.3 cm³/mol. The molecule has 1 aromatic heterocycles. The first-order valence-electron chi connectivity index (χ1n) is 8.26. The average Bonchev–Trinajstić information content (AvgIpc) is 3.11. The van der Waals surface area contributed by atoms with Crippen molar-refractivity contribution in [3.05, 3.63) is 22.4 Å². The molecule has 0 spiro atoms. The maximum atomic E-state index is 12.5. The van der Waals surface area contributed by atoms with Crippen LogP contribution in [-0.2, 0) is 4.79 Å². The smallest absolute Gasteiger partial charge is 0.317 e. The fourth-order valence-electron chi connectivity index (χ4n) is 2.67. The molecule has 6 nitrogen and oxygen atoms in total. The molecule has 1 fully saturated rings. The summed E-state index contributed by atoms with van der Waals surface area (Å²) in [5.41, 5.74) is 0.804. The molecule has 2 rings (SSSR count). The summed E-state index contributed by atoms with van der Waals surface area (Å²) in [5, 5.41) is 18.7. The Morgan fingerprint density at radius 1 is 1.50 bits per heavy atom. The highest BCUT2D eigenvalue weighted by atomic mass is 32.1. The Hall–Kier alpha value is -2.07. The molecule has 1 saturated heterocycles. The van der Waals surface area contributed by atoms with Gasteiger partial charge in [0, 0.05) is 19.6 Å². The van der Waals surface area contributed by atoms with Gasteiger partial charge in [-0.1, -0.05) is 13.8 Å². The van der Waals surface area contributed by atoms with Crippen LogP contribution in [0, 0.1) is 23.2 Å². The number of hydrogen-bond acceptors (Lipinski definition) is 4. The molecule has 0 bridgehead atoms. The predicted octanol–water partition coefficient (Wildman–Crippen LogP) is 2.51. The van der Waals surface area contributed by atoms with E-state index in [0.29, 0.717) is 25.6 Å². The van der Waals surface area contributed by atoms with Crippen LogP contribution in [-0.4, -0.2) is 36.5 Å². The van der Waals surface area contributed by atoms with Crippen molar-refractivity contribution in [2.75, 3.05) is 19.6 Å². The number of piperidine rings is 1. The van der Waals surface area contributed by atoms with Crippen molar-refractivity contribution in [3.63, 3.8) is 0 Å². The van der Waals surface area contributed by atoms with Gasteiger partial charge in [0.1, 0.15) is 6.04 Å². The van der Waals surface area contributed by atoms with Gasteiger partial charge in [-0.05, 0) is 41.1 Å². The van der Waals surface area contributed by atoms with Crippen LogP contribution in [0.15, 0.2) is 16.8 Å². The van der Waals surface area contributed by atoms with Gasteiger partial charge in [-0.25, -0.2) is 4.79 Å². The summed E-state index contributed by atoms with van der Waals surface area (Å²) in [5.74, 6) is -0.0352. The van der Waals surface area contributed by atoms with Gasteiger partial charge < -0.3 is 15.5 Å². The largest absolute Gasteiger partial charge is 0.338 e. The van der Waals surface area contributed by atoms with E-state index < -0.39 is 6.04 Å². The molecule has 2 atom stereocenters. The van der Waals surface area contributed by atoms with Gasteiger partial charge >= 0.3 is 6.03 Å². The maximum Gasteiger partial charge on any atom is 0.317 e. The summed E-state index contributed by atoms with van der Waals surface area (Å²) in [6.45, 7) is 5.77. The lowest BCUT2D eigenvalue weighted by Crippen LogP contribution is -2.49. The standard InChI is InChI=1S/C17H24N4O2S/c1-12(2)9-19-17(23)21-6-3-4-13(10-21)16(22)20-15(8-18)14-5-7-24-11-14/h5,7,11-13,15H,3-4,6,9-10H2,1-2H3,(H,19,23)(H,20,22)/t13-,15+/m0/s1. The highest BCUT2D eigenvalue weighted by Crippen LogP contribution is 2.20. The Kier molecular flexibility index (Phi) is 6.62. The van der Waals surface area contributed by atoms with Gasteiger partial charge in [0.15, 0.2) is 0 Å². The minimum atomic E-state index is -0.631. The van der Waals surface area contributed by atoms with Crippen LogP contribution in [0.1, 0.15) is 38.3 Å². The van der Waals surface area contributed by atoms with Crippen LogP contribution in [0.3, 0.4) is 0 Å². The number of rotatable bonds is 5. The topological polar surface area (TPSA) is 85.2 Å². The summed E-state index contributed by atoms with van der Waals surface area (Å²) < 4.78 is 0. The molecule has 2 heterocycles. The second-order valence-electron chi connectivity index (χ2n) is 6.49. The minimum Gasteiger partial charge on any atom is -0.338 e. The van der Waals surface area contributed by atoms with E-state index >= 15 is 0 Å². The number of hydrogen-bond donors (Lipinski definition) is 2. The van der Waals surface area contributed by atoms with Crippen molar-refractivity contribution in [1.82, 2.24) is 15.5 Å². The van der Waals surface area contributed by atoms with E-state index in [-0.39, 0.29) is 17.9 Å². The van der Waals surface area contributed by atoms with Gasteiger partial charge in [0.25, 0.3) is 0 Å². The summed E-state index contributed by atoms with van der Waals surface area (Å²) in [7, 11) is 0. The molecule has 0 saturated carbocycles. The third-order valence-electron chi connectivity index (χ3n) is 4.03. The number of carbonyl (C=O) groups is 2. The zero-order valence-corrected chi connectivity index (χ0v) is 14.9. The van der Waals surface area contributed by atoms with Gasteiger partial charge in [0.05, 0.1) is 12.0 Å².